The topological polar surface area (TPSA) is 80.5 Å². The van der Waals surface area contributed by atoms with Gasteiger partial charge in [0.15, 0.2) is 0 Å². The van der Waals surface area contributed by atoms with Gasteiger partial charge >= 0.3 is 6.03 Å². The molecule has 0 aliphatic carbocycles. The molecule has 0 unspecified atom stereocenters. The summed E-state index contributed by atoms with van der Waals surface area (Å²) in [5, 5.41) is 11.0. The van der Waals surface area contributed by atoms with E-state index < -0.39 is 5.82 Å². The van der Waals surface area contributed by atoms with Crippen molar-refractivity contribution in [3.05, 3.63) is 66.3 Å². The highest BCUT2D eigenvalue weighted by atomic mass is 19.1. The fourth-order valence-corrected chi connectivity index (χ4v) is 3.54. The van der Waals surface area contributed by atoms with Gasteiger partial charge in [-0.25, -0.2) is 9.18 Å². The van der Waals surface area contributed by atoms with Crippen molar-refractivity contribution >= 4 is 11.7 Å². The van der Waals surface area contributed by atoms with Crippen molar-refractivity contribution in [2.75, 3.05) is 32.1 Å². The molecule has 2 heterocycles. The predicted octanol–water partition coefficient (Wildman–Crippen LogP) is 3.77. The average molecular weight is 396 g/mol. The number of nitrogens with zero attached hydrogens (tertiary/aromatic N) is 3. The summed E-state index contributed by atoms with van der Waals surface area (Å²) in [6.45, 7) is 1.27. The van der Waals surface area contributed by atoms with E-state index in [-0.39, 0.29) is 23.6 Å². The van der Waals surface area contributed by atoms with Gasteiger partial charge < -0.3 is 19.4 Å². The predicted molar refractivity (Wildman–Crippen MR) is 105 cm³/mol. The minimum Gasteiger partial charge on any atom is -0.420 e. The highest BCUT2D eigenvalue weighted by Crippen LogP contribution is 2.34. The van der Waals surface area contributed by atoms with Gasteiger partial charge in [0, 0.05) is 31.7 Å². The minimum absolute atomic E-state index is 0.00422. The fourth-order valence-electron chi connectivity index (χ4n) is 3.54. The molecule has 0 radical (unpaired) electrons. The van der Waals surface area contributed by atoms with Crippen LogP contribution in [0.15, 0.2) is 59.0 Å². The molecule has 0 spiro atoms. The lowest BCUT2D eigenvalue weighted by molar-refractivity contribution is 0.145. The van der Waals surface area contributed by atoms with Crippen LogP contribution in [-0.2, 0) is 4.74 Å². The van der Waals surface area contributed by atoms with Crippen LogP contribution < -0.4 is 5.32 Å². The van der Waals surface area contributed by atoms with E-state index >= 15 is 0 Å². The maximum atomic E-state index is 13.9. The van der Waals surface area contributed by atoms with Crippen LogP contribution in [-0.4, -0.2) is 47.9 Å². The first kappa shape index (κ1) is 19.1. The summed E-state index contributed by atoms with van der Waals surface area (Å²) < 4.78 is 25.1. The summed E-state index contributed by atoms with van der Waals surface area (Å²) in [5.41, 5.74) is 0.982. The molecule has 0 saturated carbocycles. The van der Waals surface area contributed by atoms with Gasteiger partial charge in [-0.2, -0.15) is 0 Å². The normalized spacial score (nSPS) is 18.8. The van der Waals surface area contributed by atoms with E-state index in [1.54, 1.807) is 24.1 Å². The second-order valence-electron chi connectivity index (χ2n) is 6.95. The molecule has 0 bridgehead atoms. The van der Waals surface area contributed by atoms with Gasteiger partial charge in [0.1, 0.15) is 5.82 Å². The lowest BCUT2D eigenvalue weighted by Gasteiger charge is -2.17. The molecule has 2 amide bonds. The molecular formula is C21H21FN4O3. The molecule has 2 atom stereocenters. The zero-order chi connectivity index (χ0) is 20.2. The summed E-state index contributed by atoms with van der Waals surface area (Å²) in [5.74, 6) is 0.259. The molecule has 1 fully saturated rings. The molecule has 7 nitrogen and oxygen atoms in total. The summed E-state index contributed by atoms with van der Waals surface area (Å²) in [6.07, 6.45) is 0. The zero-order valence-electron chi connectivity index (χ0n) is 15.9. The number of rotatable bonds is 5. The van der Waals surface area contributed by atoms with Gasteiger partial charge in [0.25, 0.3) is 0 Å². The lowest BCUT2D eigenvalue weighted by atomic mass is 9.97. The quantitative estimate of drug-likeness (QED) is 0.710. The molecule has 1 aliphatic rings. The number of methoxy groups -OCH3 is 1. The number of benzene rings is 2. The van der Waals surface area contributed by atoms with E-state index in [0.717, 1.165) is 5.56 Å². The number of aromatic nitrogens is 2. The first-order chi connectivity index (χ1) is 14.2. The number of carbonyl (C=O) groups is 1. The monoisotopic (exact) mass is 396 g/mol. The molecular weight excluding hydrogens is 375 g/mol. The number of ether oxygens (including phenoxy) is 1. The molecule has 2 aromatic carbocycles. The Balaban J connectivity index is 1.51. The molecule has 8 heteroatoms. The number of hydrogen-bond donors (Lipinski definition) is 1. The number of carbonyl (C=O) groups excluding carboxylic acids is 1. The molecule has 1 aromatic heterocycles. The molecule has 1 saturated heterocycles. The van der Waals surface area contributed by atoms with Gasteiger partial charge in [-0.15, -0.1) is 10.2 Å². The van der Waals surface area contributed by atoms with Crippen molar-refractivity contribution < 1.29 is 18.3 Å². The van der Waals surface area contributed by atoms with Gasteiger partial charge in [0.2, 0.25) is 11.8 Å². The molecule has 1 N–H and O–H groups in total. The lowest BCUT2D eigenvalue weighted by Crippen LogP contribution is -2.33. The zero-order valence-corrected chi connectivity index (χ0v) is 15.9. The van der Waals surface area contributed by atoms with E-state index in [2.05, 4.69) is 15.5 Å². The van der Waals surface area contributed by atoms with Gasteiger partial charge in [-0.3, -0.25) is 0 Å². The second-order valence-corrected chi connectivity index (χ2v) is 6.95. The Kier molecular flexibility index (Phi) is 5.53. The number of nitrogens with one attached hydrogen (secondary N) is 1. The fraction of sp³-hybridized carbons (Fsp3) is 0.286. The van der Waals surface area contributed by atoms with E-state index in [9.17, 15) is 9.18 Å². The van der Waals surface area contributed by atoms with E-state index in [4.69, 9.17) is 9.15 Å². The first-order valence-corrected chi connectivity index (χ1v) is 9.34. The summed E-state index contributed by atoms with van der Waals surface area (Å²) in [4.78, 5) is 14.3. The molecule has 29 heavy (non-hydrogen) atoms. The largest absolute Gasteiger partial charge is 0.420 e. The summed E-state index contributed by atoms with van der Waals surface area (Å²) >= 11 is 0. The Labute approximate surface area is 167 Å². The number of anilines is 1. The number of halogens is 1. The minimum atomic E-state index is -0.477. The smallest absolute Gasteiger partial charge is 0.321 e. The second kappa shape index (κ2) is 8.40. The summed E-state index contributed by atoms with van der Waals surface area (Å²) in [7, 11) is 1.61. The maximum Gasteiger partial charge on any atom is 0.321 e. The maximum absolute atomic E-state index is 13.9. The van der Waals surface area contributed by atoms with Crippen molar-refractivity contribution in [3.8, 4) is 11.5 Å². The van der Waals surface area contributed by atoms with Crippen LogP contribution in [0.5, 0.6) is 0 Å². The molecule has 1 aliphatic heterocycles. The number of likely N-dealkylation sites (tertiary alicyclic amines) is 1. The molecule has 3 aromatic rings. The average Bonchev–Trinajstić information content (AvgIpc) is 3.38. The first-order valence-electron chi connectivity index (χ1n) is 9.34. The van der Waals surface area contributed by atoms with E-state index in [0.29, 0.717) is 31.5 Å². The van der Waals surface area contributed by atoms with Crippen LogP contribution in [0.2, 0.25) is 0 Å². The number of amides is 2. The Morgan fingerprint density at radius 3 is 2.69 bits per heavy atom. The molecule has 150 valence electrons. The Morgan fingerprint density at radius 2 is 1.93 bits per heavy atom. The van der Waals surface area contributed by atoms with Crippen LogP contribution in [0.4, 0.5) is 14.9 Å². The van der Waals surface area contributed by atoms with Crippen molar-refractivity contribution in [1.29, 1.82) is 0 Å². The SMILES string of the molecule is COC[C@@H]1CN(C(=O)Nc2ccccc2F)C[C@H]1c1nnc(-c2ccccc2)o1. The summed E-state index contributed by atoms with van der Waals surface area (Å²) in [6, 6.07) is 15.2. The van der Waals surface area contributed by atoms with Crippen molar-refractivity contribution in [2.24, 2.45) is 5.92 Å². The van der Waals surface area contributed by atoms with Crippen LogP contribution in [0, 0.1) is 11.7 Å². The van der Waals surface area contributed by atoms with E-state index in [1.807, 2.05) is 30.3 Å². The van der Waals surface area contributed by atoms with Crippen LogP contribution in [0.1, 0.15) is 11.8 Å². The number of para-hydroxylation sites is 1. The van der Waals surface area contributed by atoms with Gasteiger partial charge in [-0.05, 0) is 24.3 Å². The standard InChI is InChI=1S/C21H21FN4O3/c1-28-13-15-11-26(21(27)23-18-10-6-5-9-17(18)22)12-16(15)20-25-24-19(29-20)14-7-3-2-4-8-14/h2-10,15-16H,11-13H2,1H3,(H,23,27)/t15-,16+/m0/s1. The van der Waals surface area contributed by atoms with Gasteiger partial charge in [-0.1, -0.05) is 30.3 Å². The highest BCUT2D eigenvalue weighted by molar-refractivity contribution is 5.89. The third kappa shape index (κ3) is 4.12. The van der Waals surface area contributed by atoms with E-state index in [1.165, 1.54) is 12.1 Å². The highest BCUT2D eigenvalue weighted by Gasteiger charge is 2.39. The van der Waals surface area contributed by atoms with Gasteiger partial charge in [0.05, 0.1) is 18.2 Å². The third-order valence-corrected chi connectivity index (χ3v) is 5.00. The van der Waals surface area contributed by atoms with Crippen LogP contribution in [0.25, 0.3) is 11.5 Å². The van der Waals surface area contributed by atoms with Crippen molar-refractivity contribution in [2.45, 2.75) is 5.92 Å². The van der Waals surface area contributed by atoms with Crippen LogP contribution in [0.3, 0.4) is 0 Å². The Bertz CT molecular complexity index is 979. The van der Waals surface area contributed by atoms with Crippen molar-refractivity contribution in [1.82, 2.24) is 15.1 Å². The Morgan fingerprint density at radius 1 is 1.17 bits per heavy atom. The van der Waals surface area contributed by atoms with Crippen LogP contribution >= 0.6 is 0 Å². The Hall–Kier alpha value is -3.26. The van der Waals surface area contributed by atoms with Crippen molar-refractivity contribution in [3.63, 3.8) is 0 Å². The number of hydrogen-bond acceptors (Lipinski definition) is 5. The number of urea groups is 1. The molecule has 4 rings (SSSR count). The third-order valence-electron chi connectivity index (χ3n) is 5.00.